The van der Waals surface area contributed by atoms with Crippen LogP contribution in [0, 0.1) is 5.41 Å². The molecule has 0 aromatic carbocycles. The van der Waals surface area contributed by atoms with Crippen LogP contribution in [0.3, 0.4) is 0 Å². The van der Waals surface area contributed by atoms with E-state index in [9.17, 15) is 9.59 Å². The first-order chi connectivity index (χ1) is 5.50. The molecule has 0 amide bonds. The average molecular weight is 170 g/mol. The molecule has 1 unspecified atom stereocenters. The Morgan fingerprint density at radius 3 is 2.67 bits per heavy atom. The molecular weight excluding hydrogens is 160 g/mol. The third-order valence-electron chi connectivity index (χ3n) is 1.87. The standard InChI is InChI=1S/C8H10O4/c1-5-4-8(2,6(9)11-3)7(10)12-5/h1,4H2,2-3H3. The van der Waals surface area contributed by atoms with Crippen molar-refractivity contribution in [2.24, 2.45) is 5.41 Å². The molecule has 1 rings (SSSR count). The minimum atomic E-state index is -1.19. The summed E-state index contributed by atoms with van der Waals surface area (Å²) in [5.41, 5.74) is -1.19. The summed E-state index contributed by atoms with van der Waals surface area (Å²) in [6.45, 7) is 4.95. The van der Waals surface area contributed by atoms with E-state index in [1.165, 1.54) is 14.0 Å². The minimum Gasteiger partial charge on any atom is -0.468 e. The van der Waals surface area contributed by atoms with Crippen molar-refractivity contribution in [3.63, 3.8) is 0 Å². The molecule has 1 aliphatic heterocycles. The van der Waals surface area contributed by atoms with Crippen LogP contribution in [0.1, 0.15) is 13.3 Å². The summed E-state index contributed by atoms with van der Waals surface area (Å²) in [5, 5.41) is 0. The van der Waals surface area contributed by atoms with Gasteiger partial charge in [-0.05, 0) is 6.92 Å². The Kier molecular flexibility index (Phi) is 1.92. The fraction of sp³-hybridized carbons (Fsp3) is 0.500. The summed E-state index contributed by atoms with van der Waals surface area (Å²) < 4.78 is 9.14. The SMILES string of the molecule is C=C1CC(C)(C(=O)OC)C(=O)O1. The van der Waals surface area contributed by atoms with E-state index < -0.39 is 17.4 Å². The molecule has 0 aromatic heterocycles. The van der Waals surface area contributed by atoms with E-state index in [0.29, 0.717) is 5.76 Å². The third-order valence-corrected chi connectivity index (χ3v) is 1.87. The Bertz CT molecular complexity index is 256. The molecule has 12 heavy (non-hydrogen) atoms. The lowest BCUT2D eigenvalue weighted by Crippen LogP contribution is -2.33. The van der Waals surface area contributed by atoms with Crippen molar-refractivity contribution in [2.75, 3.05) is 7.11 Å². The van der Waals surface area contributed by atoms with Gasteiger partial charge in [0.2, 0.25) is 0 Å². The molecule has 1 atom stereocenters. The molecule has 0 radical (unpaired) electrons. The molecule has 0 spiro atoms. The summed E-state index contributed by atoms with van der Waals surface area (Å²) in [6.07, 6.45) is 0.207. The van der Waals surface area contributed by atoms with Gasteiger partial charge in [-0.15, -0.1) is 0 Å². The highest BCUT2D eigenvalue weighted by Gasteiger charge is 2.49. The van der Waals surface area contributed by atoms with Crippen molar-refractivity contribution in [3.05, 3.63) is 12.3 Å². The van der Waals surface area contributed by atoms with Gasteiger partial charge in [-0.2, -0.15) is 0 Å². The first-order valence-corrected chi connectivity index (χ1v) is 3.49. The van der Waals surface area contributed by atoms with Crippen LogP contribution in [0.4, 0.5) is 0 Å². The second-order valence-corrected chi connectivity index (χ2v) is 2.93. The van der Waals surface area contributed by atoms with Crippen LogP contribution in [0.15, 0.2) is 12.3 Å². The van der Waals surface area contributed by atoms with Crippen LogP contribution in [-0.2, 0) is 19.1 Å². The molecule has 66 valence electrons. The predicted molar refractivity (Wildman–Crippen MR) is 40.0 cm³/mol. The number of cyclic esters (lactones) is 1. The van der Waals surface area contributed by atoms with Gasteiger partial charge in [0.05, 0.1) is 7.11 Å². The number of ether oxygens (including phenoxy) is 2. The molecular formula is C8H10O4. The fourth-order valence-corrected chi connectivity index (χ4v) is 1.13. The number of carbonyl (C=O) groups is 2. The third kappa shape index (κ3) is 1.09. The maximum Gasteiger partial charge on any atom is 0.328 e. The zero-order chi connectivity index (χ0) is 9.35. The zero-order valence-electron chi connectivity index (χ0n) is 7.05. The molecule has 1 saturated heterocycles. The Labute approximate surface area is 70.1 Å². The number of allylic oxidation sites excluding steroid dienone is 1. The average Bonchev–Trinajstić information content (AvgIpc) is 2.26. The van der Waals surface area contributed by atoms with E-state index in [4.69, 9.17) is 0 Å². The number of rotatable bonds is 1. The lowest BCUT2D eigenvalue weighted by molar-refractivity contribution is -0.161. The van der Waals surface area contributed by atoms with Crippen molar-refractivity contribution in [3.8, 4) is 0 Å². The summed E-state index contributed by atoms with van der Waals surface area (Å²) in [4.78, 5) is 22.3. The molecule has 1 heterocycles. The van der Waals surface area contributed by atoms with E-state index in [1.807, 2.05) is 0 Å². The zero-order valence-corrected chi connectivity index (χ0v) is 7.05. The maximum atomic E-state index is 11.1. The van der Waals surface area contributed by atoms with Gasteiger partial charge in [-0.3, -0.25) is 9.59 Å². The molecule has 1 fully saturated rings. The molecule has 0 bridgehead atoms. The molecule has 0 aliphatic carbocycles. The van der Waals surface area contributed by atoms with Gasteiger partial charge in [-0.1, -0.05) is 6.58 Å². The van der Waals surface area contributed by atoms with Gasteiger partial charge in [0, 0.05) is 6.42 Å². The van der Waals surface area contributed by atoms with Crippen molar-refractivity contribution in [1.29, 1.82) is 0 Å². The van der Waals surface area contributed by atoms with Crippen LogP contribution in [0.2, 0.25) is 0 Å². The fourth-order valence-electron chi connectivity index (χ4n) is 1.13. The first-order valence-electron chi connectivity index (χ1n) is 3.49. The monoisotopic (exact) mass is 170 g/mol. The largest absolute Gasteiger partial charge is 0.468 e. The Morgan fingerprint density at radius 2 is 2.33 bits per heavy atom. The summed E-state index contributed by atoms with van der Waals surface area (Å²) in [5.74, 6) is -0.849. The second-order valence-electron chi connectivity index (χ2n) is 2.93. The van der Waals surface area contributed by atoms with Gasteiger partial charge < -0.3 is 9.47 Å². The minimum absolute atomic E-state index is 0.207. The van der Waals surface area contributed by atoms with Crippen molar-refractivity contribution < 1.29 is 19.1 Å². The van der Waals surface area contributed by atoms with Crippen LogP contribution < -0.4 is 0 Å². The Morgan fingerprint density at radius 1 is 1.75 bits per heavy atom. The summed E-state index contributed by atoms with van der Waals surface area (Å²) in [7, 11) is 1.24. The number of hydrogen-bond acceptors (Lipinski definition) is 4. The molecule has 0 N–H and O–H groups in total. The highest BCUT2D eigenvalue weighted by molar-refractivity contribution is 6.01. The van der Waals surface area contributed by atoms with Gasteiger partial charge in [-0.25, -0.2) is 0 Å². The van der Waals surface area contributed by atoms with E-state index in [2.05, 4.69) is 16.1 Å². The normalized spacial score (nSPS) is 28.5. The maximum absolute atomic E-state index is 11.1. The van der Waals surface area contributed by atoms with Crippen LogP contribution in [0.25, 0.3) is 0 Å². The first kappa shape index (κ1) is 8.77. The Balaban J connectivity index is 2.92. The number of esters is 2. The van der Waals surface area contributed by atoms with E-state index in [1.54, 1.807) is 0 Å². The molecule has 0 saturated carbocycles. The second kappa shape index (κ2) is 2.62. The van der Waals surface area contributed by atoms with Crippen molar-refractivity contribution >= 4 is 11.9 Å². The molecule has 0 aromatic rings. The highest BCUT2D eigenvalue weighted by atomic mass is 16.6. The number of hydrogen-bond donors (Lipinski definition) is 0. The van der Waals surface area contributed by atoms with Gasteiger partial charge in [0.25, 0.3) is 0 Å². The smallest absolute Gasteiger partial charge is 0.328 e. The predicted octanol–water partition coefficient (Wildman–Crippen LogP) is 0.626. The summed E-state index contributed by atoms with van der Waals surface area (Å²) >= 11 is 0. The lowest BCUT2D eigenvalue weighted by atomic mass is 9.89. The molecule has 4 nitrogen and oxygen atoms in total. The van der Waals surface area contributed by atoms with Crippen LogP contribution in [-0.4, -0.2) is 19.0 Å². The van der Waals surface area contributed by atoms with E-state index >= 15 is 0 Å². The van der Waals surface area contributed by atoms with E-state index in [-0.39, 0.29) is 6.42 Å². The molecule has 4 heteroatoms. The van der Waals surface area contributed by atoms with Crippen molar-refractivity contribution in [2.45, 2.75) is 13.3 Å². The van der Waals surface area contributed by atoms with Crippen LogP contribution >= 0.6 is 0 Å². The Hall–Kier alpha value is -1.32. The highest BCUT2D eigenvalue weighted by Crippen LogP contribution is 2.35. The van der Waals surface area contributed by atoms with Crippen molar-refractivity contribution in [1.82, 2.24) is 0 Å². The van der Waals surface area contributed by atoms with Crippen LogP contribution in [0.5, 0.6) is 0 Å². The lowest BCUT2D eigenvalue weighted by Gasteiger charge is -2.13. The molecule has 1 aliphatic rings. The topological polar surface area (TPSA) is 52.6 Å². The quantitative estimate of drug-likeness (QED) is 0.427. The van der Waals surface area contributed by atoms with Gasteiger partial charge in [0.15, 0.2) is 5.41 Å². The van der Waals surface area contributed by atoms with Gasteiger partial charge in [0.1, 0.15) is 5.76 Å². The number of methoxy groups -OCH3 is 1. The summed E-state index contributed by atoms with van der Waals surface area (Å²) in [6, 6.07) is 0. The van der Waals surface area contributed by atoms with E-state index in [0.717, 1.165) is 0 Å². The number of carbonyl (C=O) groups excluding carboxylic acids is 2. The van der Waals surface area contributed by atoms with Gasteiger partial charge >= 0.3 is 11.9 Å².